The van der Waals surface area contributed by atoms with Crippen LogP contribution in [0.15, 0.2) is 24.3 Å². The zero-order valence-corrected chi connectivity index (χ0v) is 14.1. The minimum absolute atomic E-state index is 0.0761. The summed E-state index contributed by atoms with van der Waals surface area (Å²) >= 11 is 0. The molecule has 1 aromatic carbocycles. The van der Waals surface area contributed by atoms with E-state index < -0.39 is 5.97 Å². The van der Waals surface area contributed by atoms with E-state index in [1.165, 1.54) is 0 Å². The topological polar surface area (TPSA) is 105 Å². The van der Waals surface area contributed by atoms with Gasteiger partial charge >= 0.3 is 5.97 Å². The van der Waals surface area contributed by atoms with Crippen molar-refractivity contribution in [1.82, 2.24) is 5.32 Å². The molecule has 2 amide bonds. The highest BCUT2D eigenvalue weighted by Gasteiger charge is 2.15. The maximum atomic E-state index is 12.0. The molecule has 7 nitrogen and oxygen atoms in total. The second kappa shape index (κ2) is 9.78. The van der Waals surface area contributed by atoms with Gasteiger partial charge in [-0.2, -0.15) is 0 Å². The van der Waals surface area contributed by atoms with Crippen molar-refractivity contribution in [3.63, 3.8) is 0 Å². The van der Waals surface area contributed by atoms with Crippen molar-refractivity contribution in [2.24, 2.45) is 0 Å². The smallest absolute Gasteiger partial charge is 0.305 e. The monoisotopic (exact) mass is 348 g/mol. The van der Waals surface area contributed by atoms with Crippen molar-refractivity contribution in [3.05, 3.63) is 29.8 Å². The number of rotatable bonds is 8. The van der Waals surface area contributed by atoms with Crippen molar-refractivity contribution in [3.8, 4) is 0 Å². The number of anilines is 1. The molecule has 1 heterocycles. The van der Waals surface area contributed by atoms with Crippen LogP contribution in [0.5, 0.6) is 0 Å². The second-order valence-corrected chi connectivity index (χ2v) is 6.05. The predicted molar refractivity (Wildman–Crippen MR) is 92.5 cm³/mol. The van der Waals surface area contributed by atoms with Gasteiger partial charge in [0.05, 0.1) is 12.5 Å². The van der Waals surface area contributed by atoms with Crippen LogP contribution in [0.2, 0.25) is 0 Å². The highest BCUT2D eigenvalue weighted by molar-refractivity contribution is 5.95. The van der Waals surface area contributed by atoms with Crippen LogP contribution < -0.4 is 10.6 Å². The van der Waals surface area contributed by atoms with Gasteiger partial charge in [0.1, 0.15) is 0 Å². The molecule has 7 heteroatoms. The molecule has 0 aromatic heterocycles. The van der Waals surface area contributed by atoms with Gasteiger partial charge in [-0.15, -0.1) is 0 Å². The average molecular weight is 348 g/mol. The Morgan fingerprint density at radius 2 is 1.88 bits per heavy atom. The Hall–Kier alpha value is -2.41. The van der Waals surface area contributed by atoms with Crippen molar-refractivity contribution in [2.75, 3.05) is 18.5 Å². The Kier molecular flexibility index (Phi) is 7.40. The number of hydrogen-bond donors (Lipinski definition) is 3. The molecule has 1 aliphatic rings. The zero-order chi connectivity index (χ0) is 18.1. The van der Waals surface area contributed by atoms with Crippen LogP contribution in [0.1, 0.15) is 48.9 Å². The Bertz CT molecular complexity index is 594. The van der Waals surface area contributed by atoms with E-state index in [9.17, 15) is 14.4 Å². The van der Waals surface area contributed by atoms with Gasteiger partial charge < -0.3 is 20.5 Å². The molecule has 1 aliphatic heterocycles. The highest BCUT2D eigenvalue weighted by atomic mass is 16.5. The lowest BCUT2D eigenvalue weighted by atomic mass is 10.0. The molecule has 25 heavy (non-hydrogen) atoms. The highest BCUT2D eigenvalue weighted by Crippen LogP contribution is 2.17. The summed E-state index contributed by atoms with van der Waals surface area (Å²) in [5, 5.41) is 13.9. The van der Waals surface area contributed by atoms with Gasteiger partial charge in [-0.3, -0.25) is 14.4 Å². The number of ether oxygens (including phenoxy) is 1. The molecule has 0 saturated carbocycles. The molecule has 1 fully saturated rings. The lowest BCUT2D eigenvalue weighted by Gasteiger charge is -2.22. The summed E-state index contributed by atoms with van der Waals surface area (Å²) in [5.41, 5.74) is 1.04. The van der Waals surface area contributed by atoms with Crippen LogP contribution in [-0.4, -0.2) is 42.1 Å². The first-order chi connectivity index (χ1) is 12.0. The third-order valence-electron chi connectivity index (χ3n) is 4.02. The van der Waals surface area contributed by atoms with E-state index in [0.29, 0.717) is 17.7 Å². The van der Waals surface area contributed by atoms with Crippen LogP contribution in [-0.2, 0) is 14.3 Å². The van der Waals surface area contributed by atoms with Crippen molar-refractivity contribution < 1.29 is 24.2 Å². The fraction of sp³-hybridized carbons (Fsp3) is 0.500. The van der Waals surface area contributed by atoms with Gasteiger partial charge in [-0.25, -0.2) is 0 Å². The fourth-order valence-electron chi connectivity index (χ4n) is 2.64. The molecular formula is C18H24N2O5. The Balaban J connectivity index is 1.74. The number of carbonyl (C=O) groups is 3. The molecule has 1 atom stereocenters. The summed E-state index contributed by atoms with van der Waals surface area (Å²) in [6.45, 7) is 0.859. The Morgan fingerprint density at radius 3 is 2.52 bits per heavy atom. The maximum Gasteiger partial charge on any atom is 0.305 e. The SMILES string of the molecule is O=C(O)CCNC(=O)c1ccc(NC(=O)CCC2CCCCO2)cc1. The van der Waals surface area contributed by atoms with Gasteiger partial charge in [0.15, 0.2) is 0 Å². The fourth-order valence-corrected chi connectivity index (χ4v) is 2.64. The van der Waals surface area contributed by atoms with Crippen LogP contribution in [0.3, 0.4) is 0 Å². The molecule has 1 unspecified atom stereocenters. The van der Waals surface area contributed by atoms with Crippen LogP contribution in [0.4, 0.5) is 5.69 Å². The molecule has 0 radical (unpaired) electrons. The van der Waals surface area contributed by atoms with Crippen molar-refractivity contribution in [2.45, 2.75) is 44.6 Å². The third kappa shape index (κ3) is 6.93. The van der Waals surface area contributed by atoms with Crippen molar-refractivity contribution in [1.29, 1.82) is 0 Å². The van der Waals surface area contributed by atoms with E-state index in [4.69, 9.17) is 9.84 Å². The van der Waals surface area contributed by atoms with E-state index in [1.54, 1.807) is 24.3 Å². The summed E-state index contributed by atoms with van der Waals surface area (Å²) in [5.74, 6) is -1.38. The minimum atomic E-state index is -0.961. The standard InChI is InChI=1S/C18H24N2O5/c21-16(9-8-15-3-1-2-12-25-15)20-14-6-4-13(5-7-14)18(24)19-11-10-17(22)23/h4-7,15H,1-3,8-12H2,(H,19,24)(H,20,21)(H,22,23). The van der Waals surface area contributed by atoms with Crippen LogP contribution in [0, 0.1) is 0 Å². The van der Waals surface area contributed by atoms with Gasteiger partial charge in [0, 0.05) is 30.8 Å². The molecule has 136 valence electrons. The molecule has 1 saturated heterocycles. The number of hydrogen-bond acceptors (Lipinski definition) is 4. The molecular weight excluding hydrogens is 324 g/mol. The maximum absolute atomic E-state index is 12.0. The van der Waals surface area contributed by atoms with Gasteiger partial charge in [0.2, 0.25) is 5.91 Å². The number of benzene rings is 1. The number of aliphatic carboxylic acids is 1. The first kappa shape index (κ1) is 18.9. The molecule has 2 rings (SSSR count). The van der Waals surface area contributed by atoms with Gasteiger partial charge in [-0.1, -0.05) is 0 Å². The number of amides is 2. The van der Waals surface area contributed by atoms with Gasteiger partial charge in [-0.05, 0) is 49.9 Å². The molecule has 0 aliphatic carbocycles. The largest absolute Gasteiger partial charge is 0.481 e. The summed E-state index contributed by atoms with van der Waals surface area (Å²) in [7, 11) is 0. The normalized spacial score (nSPS) is 16.9. The lowest BCUT2D eigenvalue weighted by molar-refractivity contribution is -0.136. The average Bonchev–Trinajstić information content (AvgIpc) is 2.61. The Morgan fingerprint density at radius 1 is 1.12 bits per heavy atom. The predicted octanol–water partition coefficient (Wildman–Crippen LogP) is 2.18. The summed E-state index contributed by atoms with van der Waals surface area (Å²) in [4.78, 5) is 34.2. The van der Waals surface area contributed by atoms with E-state index in [-0.39, 0.29) is 30.9 Å². The Labute approximate surface area is 146 Å². The van der Waals surface area contributed by atoms with Crippen LogP contribution in [0.25, 0.3) is 0 Å². The molecule has 3 N–H and O–H groups in total. The zero-order valence-electron chi connectivity index (χ0n) is 14.1. The lowest BCUT2D eigenvalue weighted by Crippen LogP contribution is -2.26. The minimum Gasteiger partial charge on any atom is -0.481 e. The second-order valence-electron chi connectivity index (χ2n) is 6.05. The number of nitrogens with one attached hydrogen (secondary N) is 2. The molecule has 1 aromatic rings. The van der Waals surface area contributed by atoms with Crippen molar-refractivity contribution >= 4 is 23.5 Å². The quantitative estimate of drug-likeness (QED) is 0.668. The van der Waals surface area contributed by atoms with E-state index >= 15 is 0 Å². The molecule has 0 spiro atoms. The number of carboxylic acids is 1. The van der Waals surface area contributed by atoms with E-state index in [0.717, 1.165) is 32.3 Å². The summed E-state index contributed by atoms with van der Waals surface area (Å²) < 4.78 is 5.61. The van der Waals surface area contributed by atoms with Crippen LogP contribution >= 0.6 is 0 Å². The number of carboxylic acid groups (broad SMARTS) is 1. The first-order valence-corrected chi connectivity index (χ1v) is 8.56. The van der Waals surface area contributed by atoms with Gasteiger partial charge in [0.25, 0.3) is 5.91 Å². The van der Waals surface area contributed by atoms with E-state index in [1.807, 2.05) is 0 Å². The summed E-state index contributed by atoms with van der Waals surface area (Å²) in [6, 6.07) is 6.49. The summed E-state index contributed by atoms with van der Waals surface area (Å²) in [6.07, 6.45) is 4.44. The third-order valence-corrected chi connectivity index (χ3v) is 4.02. The van der Waals surface area contributed by atoms with E-state index in [2.05, 4.69) is 10.6 Å². The first-order valence-electron chi connectivity index (χ1n) is 8.56. The molecule has 0 bridgehead atoms. The number of carbonyl (C=O) groups excluding carboxylic acids is 2.